The standard InChI is InChI=1S/C22H44N2O3S.C2H2F4O3S/c1-3-4-5-6-7-8-9-10-11-12-13-14-15-16-17-18-20-24(28(25,26)27)21-19-23(2)22-24;3-1(4)2(5,6)10(7,8)9/h19,21H,3-18,20,22H2,1-2H3;1H,(H,7,8,9). The molecule has 0 spiro atoms. The van der Waals surface area contributed by atoms with Crippen molar-refractivity contribution in [3.8, 4) is 0 Å². The minimum atomic E-state index is -6.23. The fourth-order valence-corrected chi connectivity index (χ4v) is 5.27. The number of hydrogen-bond acceptors (Lipinski definition) is 6. The van der Waals surface area contributed by atoms with Gasteiger partial charge >= 0.3 is 22.0 Å². The van der Waals surface area contributed by atoms with Crippen molar-refractivity contribution < 1.29 is 47.4 Å². The van der Waals surface area contributed by atoms with Crippen LogP contribution in [0, 0.1) is 0 Å². The summed E-state index contributed by atoms with van der Waals surface area (Å²) < 4.78 is 105. The molecule has 1 N–H and O–H groups in total. The monoisotopic (exact) mass is 598 g/mol. The molecule has 0 aromatic rings. The third kappa shape index (κ3) is 14.4. The molecule has 38 heavy (non-hydrogen) atoms. The molecule has 1 heterocycles. The van der Waals surface area contributed by atoms with Gasteiger partial charge in [-0.25, -0.2) is 21.8 Å². The quantitative estimate of drug-likeness (QED) is 0.0724. The van der Waals surface area contributed by atoms with Crippen LogP contribution >= 0.6 is 0 Å². The van der Waals surface area contributed by atoms with E-state index in [1.54, 1.807) is 17.3 Å². The van der Waals surface area contributed by atoms with Gasteiger partial charge < -0.3 is 9.45 Å². The second kappa shape index (κ2) is 18.4. The smallest absolute Gasteiger partial charge is 0.438 e. The maximum atomic E-state index is 11.7. The minimum absolute atomic E-state index is 0.303. The normalized spacial score (nSPS) is 18.2. The van der Waals surface area contributed by atoms with E-state index in [1.165, 1.54) is 83.5 Å². The third-order valence-electron chi connectivity index (χ3n) is 6.49. The lowest BCUT2D eigenvalue weighted by Gasteiger charge is -2.27. The Morgan fingerprint density at radius 2 is 1.21 bits per heavy atom. The van der Waals surface area contributed by atoms with Crippen molar-refractivity contribution in [3.05, 3.63) is 12.4 Å². The van der Waals surface area contributed by atoms with Gasteiger partial charge in [-0.15, -0.1) is 12.3 Å². The molecule has 0 saturated heterocycles. The molecule has 0 aromatic carbocycles. The van der Waals surface area contributed by atoms with E-state index in [0.717, 1.165) is 19.3 Å². The first-order chi connectivity index (χ1) is 17.6. The predicted octanol–water partition coefficient (Wildman–Crippen LogP) is 6.63. The van der Waals surface area contributed by atoms with Crippen LogP contribution in [0.4, 0.5) is 17.6 Å². The first-order valence-corrected chi connectivity index (χ1v) is 16.3. The van der Waals surface area contributed by atoms with Gasteiger partial charge in [0, 0.05) is 7.05 Å². The van der Waals surface area contributed by atoms with E-state index < -0.39 is 32.1 Å². The summed E-state index contributed by atoms with van der Waals surface area (Å²) in [5.41, 5.74) is 0. The molecule has 1 atom stereocenters. The van der Waals surface area contributed by atoms with E-state index in [-0.39, 0.29) is 3.89 Å². The van der Waals surface area contributed by atoms with Crippen molar-refractivity contribution in [1.82, 2.24) is 4.90 Å². The molecule has 14 heteroatoms. The minimum Gasteiger partial charge on any atom is -0.743 e. The molecule has 0 saturated carbocycles. The Balaban J connectivity index is 0.00000115. The Kier molecular flexibility index (Phi) is 17.9. The molecule has 0 amide bonds. The summed E-state index contributed by atoms with van der Waals surface area (Å²) >= 11 is 0. The average molecular weight is 599 g/mol. The number of nitrogens with zero attached hydrogens (tertiary/aromatic N) is 2. The van der Waals surface area contributed by atoms with Gasteiger partial charge in [0.25, 0.3) is 0 Å². The lowest BCUT2D eigenvalue weighted by Crippen LogP contribution is -2.49. The molecule has 1 unspecified atom stereocenters. The van der Waals surface area contributed by atoms with E-state index in [2.05, 4.69) is 6.92 Å². The highest BCUT2D eigenvalue weighted by Crippen LogP contribution is 2.27. The Hall–Kier alpha value is -0.960. The molecule has 1 aliphatic heterocycles. The highest BCUT2D eigenvalue weighted by Gasteiger charge is 2.48. The number of unbranched alkanes of at least 4 members (excludes halogenated alkanes) is 15. The SMILES string of the molecule is CCCCCCCCCCCCCCCCCC[N+]1(S(=O)(=O)O)C=CN(C)C1.O=S(=O)([O-])C(F)(F)C(F)F. The van der Waals surface area contributed by atoms with Gasteiger partial charge in [-0.3, -0.25) is 0 Å². The van der Waals surface area contributed by atoms with Crippen LogP contribution in [0.3, 0.4) is 0 Å². The summed E-state index contributed by atoms with van der Waals surface area (Å²) in [5.74, 6) is 0. The highest BCUT2D eigenvalue weighted by molar-refractivity contribution is 7.86. The molecule has 0 fully saturated rings. The summed E-state index contributed by atoms with van der Waals surface area (Å²) in [6.45, 7) is 3.03. The summed E-state index contributed by atoms with van der Waals surface area (Å²) in [5, 5.41) is -5.48. The molecule has 1 rings (SSSR count). The van der Waals surface area contributed by atoms with Gasteiger partial charge in [0.05, 0.1) is 6.20 Å². The second-order valence-electron chi connectivity index (χ2n) is 9.94. The fourth-order valence-electron chi connectivity index (χ4n) is 4.15. The summed E-state index contributed by atoms with van der Waals surface area (Å²) in [7, 11) is -8.52. The van der Waals surface area contributed by atoms with Crippen LogP contribution < -0.4 is 0 Å². The molecule has 1 aliphatic rings. The molecule has 0 bridgehead atoms. The third-order valence-corrected chi connectivity index (χ3v) is 8.68. The van der Waals surface area contributed by atoms with Crippen molar-refractivity contribution in [3.63, 3.8) is 0 Å². The van der Waals surface area contributed by atoms with Crippen molar-refractivity contribution in [2.24, 2.45) is 0 Å². The molecule has 228 valence electrons. The van der Waals surface area contributed by atoms with Gasteiger partial charge in [-0.1, -0.05) is 96.8 Å². The molecule has 0 aromatic heterocycles. The Morgan fingerprint density at radius 3 is 1.45 bits per heavy atom. The van der Waals surface area contributed by atoms with Crippen LogP contribution in [-0.2, 0) is 20.4 Å². The molecule has 0 radical (unpaired) electrons. The molecular formula is C24H46F4N2O6S2. The van der Waals surface area contributed by atoms with E-state index in [0.29, 0.717) is 13.2 Å². The van der Waals surface area contributed by atoms with Crippen molar-refractivity contribution in [1.29, 1.82) is 0 Å². The largest absolute Gasteiger partial charge is 0.743 e. The zero-order valence-electron chi connectivity index (χ0n) is 22.7. The van der Waals surface area contributed by atoms with E-state index in [4.69, 9.17) is 0 Å². The first-order valence-electron chi connectivity index (χ1n) is 13.5. The number of rotatable bonds is 20. The van der Waals surface area contributed by atoms with Crippen LogP contribution in [-0.4, -0.2) is 66.7 Å². The number of quaternary nitrogens is 1. The Morgan fingerprint density at radius 1 is 0.842 bits per heavy atom. The zero-order valence-corrected chi connectivity index (χ0v) is 24.3. The van der Waals surface area contributed by atoms with E-state index in [1.807, 2.05) is 7.05 Å². The van der Waals surface area contributed by atoms with Gasteiger partial charge in [-0.2, -0.15) is 8.78 Å². The molecule has 0 aliphatic carbocycles. The van der Waals surface area contributed by atoms with Gasteiger partial charge in [0.2, 0.25) is 0 Å². The summed E-state index contributed by atoms with van der Waals surface area (Å²) in [6, 6.07) is 0. The number of alkyl halides is 4. The van der Waals surface area contributed by atoms with Crippen LogP contribution in [0.15, 0.2) is 12.4 Å². The van der Waals surface area contributed by atoms with Crippen LogP contribution in [0.5, 0.6) is 0 Å². The van der Waals surface area contributed by atoms with Gasteiger partial charge in [0.15, 0.2) is 16.8 Å². The Labute approximate surface area is 226 Å². The number of halogens is 4. The van der Waals surface area contributed by atoms with Crippen molar-refractivity contribution in [2.75, 3.05) is 20.3 Å². The van der Waals surface area contributed by atoms with Crippen LogP contribution in [0.2, 0.25) is 0 Å². The van der Waals surface area contributed by atoms with E-state index in [9.17, 15) is 43.5 Å². The second-order valence-corrected chi connectivity index (χ2v) is 13.0. The maximum absolute atomic E-state index is 11.7. The number of hydrogen-bond donors (Lipinski definition) is 1. The molecule has 8 nitrogen and oxygen atoms in total. The van der Waals surface area contributed by atoms with Gasteiger partial charge in [0.1, 0.15) is 12.7 Å². The maximum Gasteiger partial charge on any atom is 0.438 e. The van der Waals surface area contributed by atoms with Gasteiger partial charge in [-0.05, 0) is 12.8 Å². The van der Waals surface area contributed by atoms with Crippen molar-refractivity contribution >= 4 is 20.4 Å². The van der Waals surface area contributed by atoms with Crippen LogP contribution in [0.25, 0.3) is 0 Å². The topological polar surface area (TPSA) is 115 Å². The lowest BCUT2D eigenvalue weighted by atomic mass is 10.0. The summed E-state index contributed by atoms with van der Waals surface area (Å²) in [6.07, 6.45) is 19.7. The van der Waals surface area contributed by atoms with Crippen LogP contribution in [0.1, 0.15) is 110 Å². The predicted molar refractivity (Wildman–Crippen MR) is 139 cm³/mol. The highest BCUT2D eigenvalue weighted by atomic mass is 32.2. The summed E-state index contributed by atoms with van der Waals surface area (Å²) in [4.78, 5) is 1.81. The fraction of sp³-hybridized carbons (Fsp3) is 0.917. The first kappa shape index (κ1) is 37.0. The zero-order chi connectivity index (χ0) is 29.3. The molecular weight excluding hydrogens is 552 g/mol. The van der Waals surface area contributed by atoms with E-state index >= 15 is 0 Å². The van der Waals surface area contributed by atoms with Crippen molar-refractivity contribution in [2.45, 2.75) is 121 Å². The lowest BCUT2D eigenvalue weighted by molar-refractivity contribution is -0.759. The average Bonchev–Trinajstić information content (AvgIpc) is 3.20. The Bertz CT molecular complexity index is 873.